The molecule has 128 valence electrons. The van der Waals surface area contributed by atoms with E-state index in [2.05, 4.69) is 44.7 Å². The van der Waals surface area contributed by atoms with Crippen molar-refractivity contribution in [2.75, 3.05) is 13.1 Å². The highest BCUT2D eigenvalue weighted by molar-refractivity contribution is 6.10. The standard InChI is InChI=1S/C21H28N2O/c1-4-14-23-15-16(2)21(20(23)24)13-9-8-12-19(21)22-17(3)18-10-6-5-7-11-18/h4-7,10-11,16-17H,1,8-9,12-15H2,2-3H3/t16-,17+,21+/m0/s1. The molecule has 0 unspecified atom stereocenters. The summed E-state index contributed by atoms with van der Waals surface area (Å²) in [6, 6.07) is 10.5. The van der Waals surface area contributed by atoms with Crippen LogP contribution in [-0.4, -0.2) is 29.6 Å². The zero-order valence-electron chi connectivity index (χ0n) is 14.9. The first-order valence-electron chi connectivity index (χ1n) is 9.12. The van der Waals surface area contributed by atoms with Gasteiger partial charge in [0.2, 0.25) is 5.91 Å². The van der Waals surface area contributed by atoms with E-state index in [9.17, 15) is 4.79 Å². The largest absolute Gasteiger partial charge is 0.338 e. The number of benzene rings is 1. The minimum atomic E-state index is -0.371. The van der Waals surface area contributed by atoms with E-state index < -0.39 is 0 Å². The predicted molar refractivity (Wildman–Crippen MR) is 99.1 cm³/mol. The van der Waals surface area contributed by atoms with Crippen LogP contribution in [0.4, 0.5) is 0 Å². The first-order chi connectivity index (χ1) is 11.6. The van der Waals surface area contributed by atoms with Crippen LogP contribution in [0.5, 0.6) is 0 Å². The summed E-state index contributed by atoms with van der Waals surface area (Å²) in [6.45, 7) is 9.62. The van der Waals surface area contributed by atoms with Gasteiger partial charge in [-0.1, -0.05) is 49.8 Å². The normalized spacial score (nSPS) is 30.1. The van der Waals surface area contributed by atoms with Crippen molar-refractivity contribution in [3.8, 4) is 0 Å². The molecule has 2 aliphatic rings. The van der Waals surface area contributed by atoms with Gasteiger partial charge in [-0.2, -0.15) is 0 Å². The Bertz CT molecular complexity index is 636. The van der Waals surface area contributed by atoms with E-state index in [4.69, 9.17) is 4.99 Å². The van der Waals surface area contributed by atoms with Crippen LogP contribution in [0.25, 0.3) is 0 Å². The summed E-state index contributed by atoms with van der Waals surface area (Å²) < 4.78 is 0. The number of nitrogens with zero attached hydrogens (tertiary/aromatic N) is 2. The molecule has 1 amide bonds. The van der Waals surface area contributed by atoms with Crippen LogP contribution < -0.4 is 0 Å². The molecule has 1 saturated carbocycles. The zero-order valence-corrected chi connectivity index (χ0v) is 14.9. The fourth-order valence-electron chi connectivity index (χ4n) is 4.42. The lowest BCUT2D eigenvalue weighted by atomic mass is 9.66. The second-order valence-electron chi connectivity index (χ2n) is 7.24. The third-order valence-corrected chi connectivity index (χ3v) is 5.73. The molecule has 0 N–H and O–H groups in total. The fourth-order valence-corrected chi connectivity index (χ4v) is 4.42. The van der Waals surface area contributed by atoms with Gasteiger partial charge < -0.3 is 4.90 Å². The molecule has 2 fully saturated rings. The molecule has 1 saturated heterocycles. The monoisotopic (exact) mass is 324 g/mol. The number of likely N-dealkylation sites (tertiary alicyclic amines) is 1. The van der Waals surface area contributed by atoms with Crippen LogP contribution in [-0.2, 0) is 4.79 Å². The number of rotatable bonds is 4. The Labute approximate surface area is 145 Å². The summed E-state index contributed by atoms with van der Waals surface area (Å²) in [7, 11) is 0. The van der Waals surface area contributed by atoms with E-state index in [1.165, 1.54) is 5.56 Å². The first kappa shape index (κ1) is 16.9. The van der Waals surface area contributed by atoms with Gasteiger partial charge in [-0.05, 0) is 37.7 Å². The van der Waals surface area contributed by atoms with Crippen LogP contribution in [0.15, 0.2) is 48.0 Å². The van der Waals surface area contributed by atoms with Gasteiger partial charge in [0.25, 0.3) is 0 Å². The average Bonchev–Trinajstić information content (AvgIpc) is 2.83. The molecule has 1 aromatic carbocycles. The molecule has 0 radical (unpaired) electrons. The Balaban J connectivity index is 1.95. The van der Waals surface area contributed by atoms with Gasteiger partial charge in [-0.25, -0.2) is 0 Å². The number of carbonyl (C=O) groups excluding carboxylic acids is 1. The molecule has 1 spiro atoms. The third-order valence-electron chi connectivity index (χ3n) is 5.73. The summed E-state index contributed by atoms with van der Waals surface area (Å²) in [4.78, 5) is 20.3. The minimum absolute atomic E-state index is 0.102. The minimum Gasteiger partial charge on any atom is -0.338 e. The molecular formula is C21H28N2O. The van der Waals surface area contributed by atoms with Gasteiger partial charge in [0.05, 0.1) is 11.5 Å². The van der Waals surface area contributed by atoms with Crippen molar-refractivity contribution in [1.29, 1.82) is 0 Å². The van der Waals surface area contributed by atoms with E-state index in [-0.39, 0.29) is 17.4 Å². The molecule has 1 aliphatic heterocycles. The Kier molecular flexibility index (Phi) is 4.88. The van der Waals surface area contributed by atoms with E-state index in [1.807, 2.05) is 17.0 Å². The molecule has 24 heavy (non-hydrogen) atoms. The molecule has 3 rings (SSSR count). The summed E-state index contributed by atoms with van der Waals surface area (Å²) in [5.74, 6) is 0.598. The lowest BCUT2D eigenvalue weighted by Crippen LogP contribution is -2.45. The van der Waals surface area contributed by atoms with E-state index in [0.717, 1.165) is 37.9 Å². The van der Waals surface area contributed by atoms with Gasteiger partial charge >= 0.3 is 0 Å². The molecule has 0 bridgehead atoms. The summed E-state index contributed by atoms with van der Waals surface area (Å²) in [5, 5.41) is 0. The van der Waals surface area contributed by atoms with Crippen LogP contribution in [0, 0.1) is 11.3 Å². The molecule has 0 aromatic heterocycles. The SMILES string of the molecule is C=CCN1C[C@H](C)[C@@]2(CCCCC2=N[C@H](C)c2ccccc2)C1=O. The van der Waals surface area contributed by atoms with Gasteiger partial charge in [0, 0.05) is 18.8 Å². The maximum Gasteiger partial charge on any atom is 0.235 e. The highest BCUT2D eigenvalue weighted by Crippen LogP contribution is 2.47. The molecule has 3 nitrogen and oxygen atoms in total. The zero-order chi connectivity index (χ0) is 17.2. The Morgan fingerprint density at radius 3 is 2.83 bits per heavy atom. The van der Waals surface area contributed by atoms with Crippen LogP contribution in [0.3, 0.4) is 0 Å². The van der Waals surface area contributed by atoms with Crippen molar-refractivity contribution < 1.29 is 4.79 Å². The van der Waals surface area contributed by atoms with Gasteiger partial charge in [-0.3, -0.25) is 9.79 Å². The maximum atomic E-state index is 13.2. The first-order valence-corrected chi connectivity index (χ1v) is 9.12. The van der Waals surface area contributed by atoms with Crippen molar-refractivity contribution in [3.05, 3.63) is 48.6 Å². The van der Waals surface area contributed by atoms with Crippen molar-refractivity contribution in [1.82, 2.24) is 4.90 Å². The molecule has 3 atom stereocenters. The van der Waals surface area contributed by atoms with Crippen molar-refractivity contribution in [3.63, 3.8) is 0 Å². The number of aliphatic imine (C=N–C) groups is 1. The number of carbonyl (C=O) groups is 1. The third kappa shape index (κ3) is 2.81. The van der Waals surface area contributed by atoms with Crippen LogP contribution >= 0.6 is 0 Å². The smallest absolute Gasteiger partial charge is 0.235 e. The maximum absolute atomic E-state index is 13.2. The fraction of sp³-hybridized carbons (Fsp3) is 0.524. The quantitative estimate of drug-likeness (QED) is 0.755. The highest BCUT2D eigenvalue weighted by Gasteiger charge is 2.55. The lowest BCUT2D eigenvalue weighted by molar-refractivity contribution is -0.133. The summed E-state index contributed by atoms with van der Waals surface area (Å²) in [6.07, 6.45) is 5.99. The predicted octanol–water partition coefficient (Wildman–Crippen LogP) is 4.41. The second kappa shape index (κ2) is 6.92. The molecule has 3 heteroatoms. The van der Waals surface area contributed by atoms with Crippen molar-refractivity contribution in [2.45, 2.75) is 45.6 Å². The molecule has 1 heterocycles. The van der Waals surface area contributed by atoms with Gasteiger partial charge in [0.1, 0.15) is 0 Å². The Hall–Kier alpha value is -1.90. The molecular weight excluding hydrogens is 296 g/mol. The van der Waals surface area contributed by atoms with Gasteiger partial charge in [0.15, 0.2) is 0 Å². The van der Waals surface area contributed by atoms with Crippen molar-refractivity contribution >= 4 is 11.6 Å². The lowest BCUT2D eigenvalue weighted by Gasteiger charge is -2.37. The van der Waals surface area contributed by atoms with Gasteiger partial charge in [-0.15, -0.1) is 6.58 Å². The number of hydrogen-bond acceptors (Lipinski definition) is 2. The molecule has 1 aromatic rings. The number of hydrogen-bond donors (Lipinski definition) is 0. The van der Waals surface area contributed by atoms with Crippen LogP contribution in [0.1, 0.15) is 51.1 Å². The second-order valence-corrected chi connectivity index (χ2v) is 7.24. The Morgan fingerprint density at radius 2 is 2.12 bits per heavy atom. The van der Waals surface area contributed by atoms with E-state index >= 15 is 0 Å². The summed E-state index contributed by atoms with van der Waals surface area (Å²) in [5.41, 5.74) is 1.98. The molecule has 1 aliphatic carbocycles. The topological polar surface area (TPSA) is 32.7 Å². The Morgan fingerprint density at radius 1 is 1.38 bits per heavy atom. The summed E-state index contributed by atoms with van der Waals surface area (Å²) >= 11 is 0. The van der Waals surface area contributed by atoms with E-state index in [1.54, 1.807) is 0 Å². The highest BCUT2D eigenvalue weighted by atomic mass is 16.2. The van der Waals surface area contributed by atoms with E-state index in [0.29, 0.717) is 12.5 Å². The van der Waals surface area contributed by atoms with Crippen molar-refractivity contribution in [2.24, 2.45) is 16.3 Å². The number of amides is 1. The van der Waals surface area contributed by atoms with Crippen LogP contribution in [0.2, 0.25) is 0 Å². The average molecular weight is 324 g/mol.